The van der Waals surface area contributed by atoms with E-state index in [1.807, 2.05) is 24.3 Å². The quantitative estimate of drug-likeness (QED) is 0.903. The molecule has 1 aromatic carbocycles. The van der Waals surface area contributed by atoms with Gasteiger partial charge >= 0.3 is 0 Å². The highest BCUT2D eigenvalue weighted by molar-refractivity contribution is 5.87. The summed E-state index contributed by atoms with van der Waals surface area (Å²) in [6, 6.07) is 7.85. The molecular formula is C15H20N4O. The minimum atomic E-state index is 0.247. The fraction of sp³-hybridized carbons (Fsp3) is 0.467. The second-order valence-corrected chi connectivity index (χ2v) is 5.49. The van der Waals surface area contributed by atoms with Gasteiger partial charge in [-0.3, -0.25) is 4.90 Å². The lowest BCUT2D eigenvalue weighted by Crippen LogP contribution is -2.45. The number of rotatable bonds is 2. The number of morpholine rings is 1. The summed E-state index contributed by atoms with van der Waals surface area (Å²) < 4.78 is 5.74. The van der Waals surface area contributed by atoms with E-state index in [1.54, 1.807) is 0 Å². The smallest absolute Gasteiger partial charge is 0.145 e. The van der Waals surface area contributed by atoms with E-state index >= 15 is 0 Å². The summed E-state index contributed by atoms with van der Waals surface area (Å²) in [4.78, 5) is 11.4. The molecule has 0 spiro atoms. The van der Waals surface area contributed by atoms with Crippen LogP contribution in [0.3, 0.4) is 0 Å². The summed E-state index contributed by atoms with van der Waals surface area (Å²) in [5.74, 6) is 1.34. The van der Waals surface area contributed by atoms with Crippen molar-refractivity contribution in [2.45, 2.75) is 32.6 Å². The van der Waals surface area contributed by atoms with Crippen LogP contribution in [0.2, 0.25) is 0 Å². The second-order valence-electron chi connectivity index (χ2n) is 5.49. The molecule has 1 fully saturated rings. The van der Waals surface area contributed by atoms with Gasteiger partial charge in [0.15, 0.2) is 0 Å². The van der Waals surface area contributed by atoms with E-state index in [0.717, 1.165) is 29.8 Å². The monoisotopic (exact) mass is 272 g/mol. The maximum absolute atomic E-state index is 6.02. The first-order chi connectivity index (χ1) is 9.61. The Hall–Kier alpha value is -1.72. The van der Waals surface area contributed by atoms with Crippen molar-refractivity contribution in [1.82, 2.24) is 14.9 Å². The Kier molecular flexibility index (Phi) is 3.54. The highest BCUT2D eigenvalue weighted by Crippen LogP contribution is 2.19. The normalized spacial score (nSPS) is 24.1. The largest absolute Gasteiger partial charge is 0.383 e. The van der Waals surface area contributed by atoms with Crippen LogP contribution in [0.4, 0.5) is 5.82 Å². The maximum Gasteiger partial charge on any atom is 0.145 e. The van der Waals surface area contributed by atoms with E-state index in [9.17, 15) is 0 Å². The number of anilines is 1. The van der Waals surface area contributed by atoms with Gasteiger partial charge in [-0.2, -0.15) is 0 Å². The Bertz CT molecular complexity index is 606. The van der Waals surface area contributed by atoms with Crippen LogP contribution in [0.1, 0.15) is 19.7 Å². The first-order valence-electron chi connectivity index (χ1n) is 7.01. The number of fused-ring (bicyclic) bond motifs is 1. The Morgan fingerprint density at radius 3 is 2.65 bits per heavy atom. The molecule has 5 heteroatoms. The number of hydrogen-bond donors (Lipinski definition) is 1. The average molecular weight is 272 g/mol. The zero-order valence-electron chi connectivity index (χ0n) is 11.9. The molecular weight excluding hydrogens is 252 g/mol. The van der Waals surface area contributed by atoms with Gasteiger partial charge in [-0.1, -0.05) is 12.1 Å². The van der Waals surface area contributed by atoms with Crippen LogP contribution in [0, 0.1) is 0 Å². The lowest BCUT2D eigenvalue weighted by atomic mass is 10.2. The van der Waals surface area contributed by atoms with Gasteiger partial charge in [0, 0.05) is 18.5 Å². The molecule has 2 atom stereocenters. The van der Waals surface area contributed by atoms with Crippen molar-refractivity contribution < 1.29 is 4.74 Å². The number of benzene rings is 1. The van der Waals surface area contributed by atoms with Gasteiger partial charge in [0.2, 0.25) is 0 Å². The third-order valence-corrected chi connectivity index (χ3v) is 3.54. The van der Waals surface area contributed by atoms with E-state index in [4.69, 9.17) is 10.5 Å². The predicted octanol–water partition coefficient (Wildman–Crippen LogP) is 1.82. The molecule has 1 aromatic heterocycles. The number of nitrogens with zero attached hydrogens (tertiary/aromatic N) is 3. The van der Waals surface area contributed by atoms with Crippen molar-refractivity contribution in [3.8, 4) is 0 Å². The number of nitrogen functional groups attached to an aromatic ring is 1. The topological polar surface area (TPSA) is 64.3 Å². The van der Waals surface area contributed by atoms with Gasteiger partial charge in [-0.15, -0.1) is 0 Å². The highest BCUT2D eigenvalue weighted by atomic mass is 16.5. The molecule has 0 radical (unpaired) electrons. The lowest BCUT2D eigenvalue weighted by Gasteiger charge is -2.34. The Labute approximate surface area is 118 Å². The van der Waals surface area contributed by atoms with E-state index in [0.29, 0.717) is 12.4 Å². The van der Waals surface area contributed by atoms with Gasteiger partial charge in [0.25, 0.3) is 0 Å². The van der Waals surface area contributed by atoms with Gasteiger partial charge < -0.3 is 10.5 Å². The van der Waals surface area contributed by atoms with Crippen molar-refractivity contribution in [3.05, 3.63) is 30.1 Å². The molecule has 0 saturated carbocycles. The van der Waals surface area contributed by atoms with Crippen LogP contribution >= 0.6 is 0 Å². The van der Waals surface area contributed by atoms with Crippen LogP contribution in [-0.2, 0) is 11.3 Å². The zero-order valence-corrected chi connectivity index (χ0v) is 11.9. The standard InChI is InChI=1S/C15H20N4O/c1-10-7-19(8-11(2)20-10)9-14-17-13-6-4-3-5-12(13)15(16)18-14/h3-6,10-11H,7-9H2,1-2H3,(H2,16,17,18)/t10-,11-/m1/s1. The first-order valence-corrected chi connectivity index (χ1v) is 7.01. The minimum Gasteiger partial charge on any atom is -0.383 e. The van der Waals surface area contributed by atoms with Gasteiger partial charge in [-0.05, 0) is 26.0 Å². The van der Waals surface area contributed by atoms with E-state index in [2.05, 4.69) is 28.7 Å². The SMILES string of the molecule is C[C@@H]1CN(Cc2nc(N)c3ccccc3n2)C[C@@H](C)O1. The molecule has 3 rings (SSSR count). The number of para-hydroxylation sites is 1. The maximum atomic E-state index is 6.02. The van der Waals surface area contributed by atoms with Crippen molar-refractivity contribution in [1.29, 1.82) is 0 Å². The molecule has 0 aliphatic carbocycles. The third-order valence-electron chi connectivity index (χ3n) is 3.54. The Morgan fingerprint density at radius 2 is 1.90 bits per heavy atom. The second kappa shape index (κ2) is 5.34. The number of ether oxygens (including phenoxy) is 1. The fourth-order valence-electron chi connectivity index (χ4n) is 2.84. The van der Waals surface area contributed by atoms with E-state index in [1.165, 1.54) is 0 Å². The molecule has 1 aliphatic rings. The van der Waals surface area contributed by atoms with Crippen molar-refractivity contribution >= 4 is 16.7 Å². The summed E-state index contributed by atoms with van der Waals surface area (Å²) in [6.07, 6.45) is 0.494. The lowest BCUT2D eigenvalue weighted by molar-refractivity contribution is -0.0710. The van der Waals surface area contributed by atoms with E-state index in [-0.39, 0.29) is 12.2 Å². The number of hydrogen-bond acceptors (Lipinski definition) is 5. The molecule has 0 amide bonds. The number of aromatic nitrogens is 2. The molecule has 2 N–H and O–H groups in total. The summed E-state index contributed by atoms with van der Waals surface area (Å²) in [5.41, 5.74) is 6.93. The van der Waals surface area contributed by atoms with Crippen LogP contribution in [0.5, 0.6) is 0 Å². The zero-order chi connectivity index (χ0) is 14.1. The Balaban J connectivity index is 1.84. The van der Waals surface area contributed by atoms with Gasteiger partial charge in [-0.25, -0.2) is 9.97 Å². The average Bonchev–Trinajstić information content (AvgIpc) is 2.37. The molecule has 0 bridgehead atoms. The van der Waals surface area contributed by atoms with E-state index < -0.39 is 0 Å². The van der Waals surface area contributed by atoms with Gasteiger partial charge in [0.05, 0.1) is 24.3 Å². The molecule has 106 valence electrons. The molecule has 0 unspecified atom stereocenters. The highest BCUT2D eigenvalue weighted by Gasteiger charge is 2.23. The first kappa shape index (κ1) is 13.3. The van der Waals surface area contributed by atoms with Gasteiger partial charge in [0.1, 0.15) is 11.6 Å². The van der Waals surface area contributed by atoms with Crippen LogP contribution in [0.25, 0.3) is 10.9 Å². The summed E-state index contributed by atoms with van der Waals surface area (Å²) >= 11 is 0. The van der Waals surface area contributed by atoms with Crippen LogP contribution < -0.4 is 5.73 Å². The van der Waals surface area contributed by atoms with Crippen molar-refractivity contribution in [2.24, 2.45) is 0 Å². The van der Waals surface area contributed by atoms with Crippen molar-refractivity contribution in [3.63, 3.8) is 0 Å². The Morgan fingerprint density at radius 1 is 1.20 bits per heavy atom. The summed E-state index contributed by atoms with van der Waals surface area (Å²) in [5, 5.41) is 0.917. The van der Waals surface area contributed by atoms with Crippen LogP contribution in [0.15, 0.2) is 24.3 Å². The molecule has 1 saturated heterocycles. The molecule has 20 heavy (non-hydrogen) atoms. The van der Waals surface area contributed by atoms with Crippen LogP contribution in [-0.4, -0.2) is 40.2 Å². The molecule has 5 nitrogen and oxygen atoms in total. The molecule has 1 aliphatic heterocycles. The fourth-order valence-corrected chi connectivity index (χ4v) is 2.84. The predicted molar refractivity (Wildman–Crippen MR) is 79.2 cm³/mol. The number of nitrogens with two attached hydrogens (primary N) is 1. The molecule has 2 aromatic rings. The minimum absolute atomic E-state index is 0.247. The molecule has 2 heterocycles. The summed E-state index contributed by atoms with van der Waals surface area (Å²) in [7, 11) is 0. The summed E-state index contributed by atoms with van der Waals surface area (Å²) in [6.45, 7) is 6.71. The van der Waals surface area contributed by atoms with Crippen molar-refractivity contribution in [2.75, 3.05) is 18.8 Å². The third kappa shape index (κ3) is 2.73.